The Bertz CT molecular complexity index is 835. The van der Waals surface area contributed by atoms with Gasteiger partial charge >= 0.3 is 6.09 Å². The molecule has 0 unspecified atom stereocenters. The van der Waals surface area contributed by atoms with Gasteiger partial charge in [-0.1, -0.05) is 23.2 Å². The van der Waals surface area contributed by atoms with Crippen LogP contribution in [0.3, 0.4) is 0 Å². The van der Waals surface area contributed by atoms with Crippen LogP contribution in [0.15, 0.2) is 23.6 Å². The van der Waals surface area contributed by atoms with Crippen molar-refractivity contribution in [1.29, 1.82) is 0 Å². The topological polar surface area (TPSA) is 71.5 Å². The normalized spacial score (nSPS) is 14.9. The van der Waals surface area contributed by atoms with Crippen LogP contribution >= 0.6 is 34.5 Å². The fourth-order valence-corrected chi connectivity index (χ4v) is 4.00. The van der Waals surface area contributed by atoms with E-state index in [0.29, 0.717) is 53.4 Å². The third-order valence-electron chi connectivity index (χ3n) is 4.33. The monoisotopic (exact) mass is 427 g/mol. The summed E-state index contributed by atoms with van der Waals surface area (Å²) in [6.45, 7) is 3.15. The van der Waals surface area contributed by atoms with Crippen LogP contribution in [0, 0.1) is 5.92 Å². The van der Waals surface area contributed by atoms with Gasteiger partial charge in [0.1, 0.15) is 0 Å². The van der Waals surface area contributed by atoms with Gasteiger partial charge in [-0.15, -0.1) is 11.3 Å². The van der Waals surface area contributed by atoms with E-state index in [-0.39, 0.29) is 17.9 Å². The number of carbonyl (C=O) groups excluding carboxylic acids is 2. The lowest BCUT2D eigenvalue weighted by Crippen LogP contribution is -2.41. The Morgan fingerprint density at radius 3 is 2.78 bits per heavy atom. The fourth-order valence-electron chi connectivity index (χ4n) is 2.90. The first-order chi connectivity index (χ1) is 13.0. The Morgan fingerprint density at radius 2 is 2.07 bits per heavy atom. The first-order valence-corrected chi connectivity index (χ1v) is 10.2. The van der Waals surface area contributed by atoms with Gasteiger partial charge in [-0.25, -0.2) is 9.78 Å². The number of halogens is 2. The van der Waals surface area contributed by atoms with Crippen LogP contribution in [0.5, 0.6) is 0 Å². The average Bonchev–Trinajstić information content (AvgIpc) is 3.12. The number of benzene rings is 1. The van der Waals surface area contributed by atoms with E-state index in [4.69, 9.17) is 27.9 Å². The van der Waals surface area contributed by atoms with E-state index in [9.17, 15) is 9.59 Å². The van der Waals surface area contributed by atoms with E-state index in [1.54, 1.807) is 30.0 Å². The van der Waals surface area contributed by atoms with Crippen LogP contribution < -0.4 is 5.32 Å². The first-order valence-electron chi connectivity index (χ1n) is 8.61. The molecule has 3 rings (SSSR count). The predicted octanol–water partition coefficient (Wildman–Crippen LogP) is 4.92. The molecule has 27 heavy (non-hydrogen) atoms. The van der Waals surface area contributed by atoms with Crippen LogP contribution in [-0.2, 0) is 9.53 Å². The molecule has 1 N–H and O–H groups in total. The molecule has 1 aromatic carbocycles. The van der Waals surface area contributed by atoms with E-state index in [1.807, 2.05) is 5.38 Å². The lowest BCUT2D eigenvalue weighted by atomic mass is 9.96. The highest BCUT2D eigenvalue weighted by molar-refractivity contribution is 7.14. The molecule has 0 bridgehead atoms. The van der Waals surface area contributed by atoms with E-state index >= 15 is 0 Å². The number of amides is 2. The number of hydrogen-bond acceptors (Lipinski definition) is 5. The van der Waals surface area contributed by atoms with Crippen LogP contribution in [0.25, 0.3) is 11.3 Å². The number of hydrogen-bond donors (Lipinski definition) is 1. The summed E-state index contributed by atoms with van der Waals surface area (Å²) in [5.41, 5.74) is 1.39. The van der Waals surface area contributed by atoms with Crippen molar-refractivity contribution in [3.63, 3.8) is 0 Å². The standard InChI is InChI=1S/C18H19Cl2N3O3S/c1-2-26-18(25)23-7-5-11(6-8-23)16(24)22-17-21-15(10-27-17)13-9-12(19)3-4-14(13)20/h3-4,9-11H,2,5-8H2,1H3,(H,21,22,24). The summed E-state index contributed by atoms with van der Waals surface area (Å²) < 4.78 is 4.99. The second-order valence-electron chi connectivity index (χ2n) is 6.11. The minimum atomic E-state index is -0.320. The summed E-state index contributed by atoms with van der Waals surface area (Å²) >= 11 is 13.6. The van der Waals surface area contributed by atoms with Crippen molar-refractivity contribution >= 4 is 51.7 Å². The molecule has 2 heterocycles. The van der Waals surface area contributed by atoms with E-state index < -0.39 is 0 Å². The van der Waals surface area contributed by atoms with E-state index in [2.05, 4.69) is 10.3 Å². The van der Waals surface area contributed by atoms with Crippen molar-refractivity contribution in [3.8, 4) is 11.3 Å². The number of likely N-dealkylation sites (tertiary alicyclic amines) is 1. The number of rotatable bonds is 4. The maximum atomic E-state index is 12.5. The maximum Gasteiger partial charge on any atom is 0.409 e. The lowest BCUT2D eigenvalue weighted by Gasteiger charge is -2.30. The molecule has 1 aliphatic rings. The van der Waals surface area contributed by atoms with Gasteiger partial charge in [0, 0.05) is 35.0 Å². The van der Waals surface area contributed by atoms with Crippen molar-refractivity contribution < 1.29 is 14.3 Å². The van der Waals surface area contributed by atoms with E-state index in [0.717, 1.165) is 5.56 Å². The van der Waals surface area contributed by atoms with Crippen molar-refractivity contribution in [3.05, 3.63) is 33.6 Å². The number of piperidine rings is 1. The second-order valence-corrected chi connectivity index (χ2v) is 7.81. The number of ether oxygens (including phenoxy) is 1. The van der Waals surface area contributed by atoms with Crippen molar-refractivity contribution in [1.82, 2.24) is 9.88 Å². The predicted molar refractivity (Wildman–Crippen MR) is 108 cm³/mol. The summed E-state index contributed by atoms with van der Waals surface area (Å²) in [5, 5.41) is 6.33. The first kappa shape index (κ1) is 19.9. The van der Waals surface area contributed by atoms with Crippen LogP contribution in [0.2, 0.25) is 10.0 Å². The largest absolute Gasteiger partial charge is 0.450 e. The molecule has 0 atom stereocenters. The van der Waals surface area contributed by atoms with Gasteiger partial charge in [0.25, 0.3) is 0 Å². The minimum Gasteiger partial charge on any atom is -0.450 e. The summed E-state index contributed by atoms with van der Waals surface area (Å²) in [5.74, 6) is -0.241. The Labute approximate surface area is 171 Å². The van der Waals surface area contributed by atoms with Gasteiger partial charge in [0.2, 0.25) is 5.91 Å². The molecule has 0 radical (unpaired) electrons. The summed E-state index contributed by atoms with van der Waals surface area (Å²) in [6.07, 6.45) is 0.880. The minimum absolute atomic E-state index is 0.0865. The molecule has 1 fully saturated rings. The smallest absolute Gasteiger partial charge is 0.409 e. The third kappa shape index (κ3) is 4.91. The molecule has 0 spiro atoms. The molecule has 6 nitrogen and oxygen atoms in total. The average molecular weight is 428 g/mol. The van der Waals surface area contributed by atoms with Crippen molar-refractivity contribution in [2.45, 2.75) is 19.8 Å². The molecule has 2 amide bonds. The van der Waals surface area contributed by atoms with Gasteiger partial charge in [0.15, 0.2) is 5.13 Å². The Kier molecular flexibility index (Phi) is 6.57. The van der Waals surface area contributed by atoms with Gasteiger partial charge in [-0.05, 0) is 38.0 Å². The molecule has 2 aromatic rings. The Hall–Kier alpha value is -1.83. The second kappa shape index (κ2) is 8.91. The number of thiazole rings is 1. The molecule has 144 valence electrons. The number of nitrogens with zero attached hydrogens (tertiary/aromatic N) is 2. The van der Waals surface area contributed by atoms with Gasteiger partial charge in [-0.3, -0.25) is 4.79 Å². The van der Waals surface area contributed by atoms with Crippen LogP contribution in [0.1, 0.15) is 19.8 Å². The molecule has 1 aliphatic heterocycles. The summed E-state index contributed by atoms with van der Waals surface area (Å²) in [7, 11) is 0. The molecule has 0 saturated carbocycles. The highest BCUT2D eigenvalue weighted by atomic mass is 35.5. The van der Waals surface area contributed by atoms with E-state index in [1.165, 1.54) is 11.3 Å². The lowest BCUT2D eigenvalue weighted by molar-refractivity contribution is -0.121. The number of carbonyl (C=O) groups is 2. The van der Waals surface area contributed by atoms with Crippen LogP contribution in [0.4, 0.5) is 9.93 Å². The number of nitrogens with one attached hydrogen (secondary N) is 1. The Morgan fingerprint density at radius 1 is 1.33 bits per heavy atom. The Balaban J connectivity index is 1.59. The highest BCUT2D eigenvalue weighted by Crippen LogP contribution is 2.33. The summed E-state index contributed by atoms with van der Waals surface area (Å²) in [6, 6.07) is 5.18. The SMILES string of the molecule is CCOC(=O)N1CCC(C(=O)Nc2nc(-c3cc(Cl)ccc3Cl)cs2)CC1. The van der Waals surface area contributed by atoms with Gasteiger partial charge < -0.3 is 15.0 Å². The highest BCUT2D eigenvalue weighted by Gasteiger charge is 2.28. The zero-order chi connectivity index (χ0) is 19.4. The van der Waals surface area contributed by atoms with Crippen molar-refractivity contribution in [2.24, 2.45) is 5.92 Å². The third-order valence-corrected chi connectivity index (χ3v) is 5.65. The molecular weight excluding hydrogens is 409 g/mol. The number of aromatic nitrogens is 1. The molecule has 0 aliphatic carbocycles. The zero-order valence-corrected chi connectivity index (χ0v) is 17.0. The van der Waals surface area contributed by atoms with Crippen molar-refractivity contribution in [2.75, 3.05) is 25.0 Å². The van der Waals surface area contributed by atoms with Gasteiger partial charge in [0.05, 0.1) is 17.3 Å². The fraction of sp³-hybridized carbons (Fsp3) is 0.389. The summed E-state index contributed by atoms with van der Waals surface area (Å²) in [4.78, 5) is 30.3. The molecule has 1 aromatic heterocycles. The molecule has 9 heteroatoms. The van der Waals surface area contributed by atoms with Gasteiger partial charge in [-0.2, -0.15) is 0 Å². The molecule has 1 saturated heterocycles. The zero-order valence-electron chi connectivity index (χ0n) is 14.7. The number of anilines is 1. The quantitative estimate of drug-likeness (QED) is 0.750. The molecular formula is C18H19Cl2N3O3S. The maximum absolute atomic E-state index is 12.5. The van der Waals surface area contributed by atoms with Crippen LogP contribution in [-0.4, -0.2) is 41.6 Å².